The second-order valence-corrected chi connectivity index (χ2v) is 5.15. The van der Waals surface area contributed by atoms with Gasteiger partial charge in [0, 0.05) is 18.2 Å². The lowest BCUT2D eigenvalue weighted by molar-refractivity contribution is 0.288. The zero-order chi connectivity index (χ0) is 14.7. The molecule has 20 heavy (non-hydrogen) atoms. The van der Waals surface area contributed by atoms with Crippen molar-refractivity contribution in [3.8, 4) is 5.75 Å². The Morgan fingerprint density at radius 1 is 1.40 bits per heavy atom. The minimum Gasteiger partial charge on any atom is -0.487 e. The molecular formula is C15H20ClN3O. The molecule has 2 rings (SSSR count). The number of aryl methyl sites for hydroxylation is 2. The molecule has 1 unspecified atom stereocenters. The van der Waals surface area contributed by atoms with Gasteiger partial charge in [-0.05, 0) is 26.8 Å². The van der Waals surface area contributed by atoms with E-state index in [0.717, 1.165) is 29.2 Å². The minimum absolute atomic E-state index is 0.0699. The van der Waals surface area contributed by atoms with Gasteiger partial charge in [0.1, 0.15) is 12.4 Å². The summed E-state index contributed by atoms with van der Waals surface area (Å²) in [7, 11) is 0. The van der Waals surface area contributed by atoms with Crippen LogP contribution in [0.15, 0.2) is 24.3 Å². The quantitative estimate of drug-likeness (QED) is 0.918. The molecule has 0 spiro atoms. The topological polar surface area (TPSA) is 53.1 Å². The van der Waals surface area contributed by atoms with E-state index < -0.39 is 0 Å². The van der Waals surface area contributed by atoms with Gasteiger partial charge in [0.2, 0.25) is 0 Å². The van der Waals surface area contributed by atoms with Crippen molar-refractivity contribution in [1.82, 2.24) is 9.78 Å². The van der Waals surface area contributed by atoms with Gasteiger partial charge < -0.3 is 10.5 Å². The Bertz CT molecular complexity index is 593. The highest BCUT2D eigenvalue weighted by Gasteiger charge is 2.14. The number of nitrogens with two attached hydrogens (primary N) is 1. The maximum atomic E-state index is 6.27. The Labute approximate surface area is 124 Å². The van der Waals surface area contributed by atoms with Gasteiger partial charge in [0.05, 0.1) is 16.4 Å². The van der Waals surface area contributed by atoms with E-state index in [2.05, 4.69) is 5.10 Å². The second kappa shape index (κ2) is 6.29. The third kappa shape index (κ3) is 2.97. The zero-order valence-electron chi connectivity index (χ0n) is 12.1. The fourth-order valence-corrected chi connectivity index (χ4v) is 2.33. The molecule has 0 fully saturated rings. The predicted octanol–water partition coefficient (Wildman–Crippen LogP) is 3.46. The summed E-state index contributed by atoms with van der Waals surface area (Å²) < 4.78 is 7.76. The molecule has 0 aliphatic heterocycles. The summed E-state index contributed by atoms with van der Waals surface area (Å²) in [6.45, 7) is 7.02. The number of ether oxygens (including phenoxy) is 1. The molecule has 0 aliphatic rings. The fourth-order valence-electron chi connectivity index (χ4n) is 2.14. The number of halogens is 1. The van der Waals surface area contributed by atoms with E-state index in [1.54, 1.807) is 0 Å². The van der Waals surface area contributed by atoms with Gasteiger partial charge in [0.15, 0.2) is 0 Å². The van der Waals surface area contributed by atoms with Crippen molar-refractivity contribution in [1.29, 1.82) is 0 Å². The second-order valence-electron chi connectivity index (χ2n) is 4.78. The van der Waals surface area contributed by atoms with E-state index in [0.29, 0.717) is 11.6 Å². The summed E-state index contributed by atoms with van der Waals surface area (Å²) in [6, 6.07) is 7.72. The molecule has 0 saturated carbocycles. The van der Waals surface area contributed by atoms with Crippen LogP contribution in [0.4, 0.5) is 0 Å². The first-order valence-corrected chi connectivity index (χ1v) is 7.11. The summed E-state index contributed by atoms with van der Waals surface area (Å²) >= 11 is 6.27. The molecule has 1 heterocycles. The van der Waals surface area contributed by atoms with Crippen molar-refractivity contribution in [3.05, 3.63) is 46.2 Å². The summed E-state index contributed by atoms with van der Waals surface area (Å²) in [5.74, 6) is 0.792. The SMILES string of the molecule is CCn1nc(C)c(Cl)c1COc1ccccc1C(C)N. The molecule has 0 saturated heterocycles. The van der Waals surface area contributed by atoms with Crippen LogP contribution in [0.2, 0.25) is 5.02 Å². The molecule has 4 nitrogen and oxygen atoms in total. The fraction of sp³-hybridized carbons (Fsp3) is 0.400. The molecule has 108 valence electrons. The zero-order valence-corrected chi connectivity index (χ0v) is 12.8. The van der Waals surface area contributed by atoms with E-state index in [4.69, 9.17) is 22.1 Å². The monoisotopic (exact) mass is 293 g/mol. The normalized spacial score (nSPS) is 12.4. The number of hydrogen-bond acceptors (Lipinski definition) is 3. The van der Waals surface area contributed by atoms with E-state index in [-0.39, 0.29) is 6.04 Å². The molecular weight excluding hydrogens is 274 g/mol. The number of hydrogen-bond donors (Lipinski definition) is 1. The molecule has 2 N–H and O–H groups in total. The van der Waals surface area contributed by atoms with Crippen molar-refractivity contribution in [2.24, 2.45) is 5.73 Å². The number of nitrogens with zero attached hydrogens (tertiary/aromatic N) is 2. The highest BCUT2D eigenvalue weighted by atomic mass is 35.5. The number of rotatable bonds is 5. The lowest BCUT2D eigenvalue weighted by Crippen LogP contribution is -2.10. The van der Waals surface area contributed by atoms with E-state index >= 15 is 0 Å². The van der Waals surface area contributed by atoms with Crippen LogP contribution in [0.1, 0.15) is 36.8 Å². The molecule has 5 heteroatoms. The summed E-state index contributed by atoms with van der Waals surface area (Å²) in [4.78, 5) is 0. The van der Waals surface area contributed by atoms with Gasteiger partial charge in [-0.25, -0.2) is 0 Å². The summed E-state index contributed by atoms with van der Waals surface area (Å²) in [5, 5.41) is 5.05. The van der Waals surface area contributed by atoms with Gasteiger partial charge in [-0.2, -0.15) is 5.10 Å². The maximum Gasteiger partial charge on any atom is 0.131 e. The van der Waals surface area contributed by atoms with Crippen LogP contribution in [-0.2, 0) is 13.2 Å². The standard InChI is InChI=1S/C15H20ClN3O/c1-4-19-13(15(16)11(3)18-19)9-20-14-8-6-5-7-12(14)10(2)17/h5-8,10H,4,9,17H2,1-3H3. The molecule has 1 atom stereocenters. The Hall–Kier alpha value is -1.52. The van der Waals surface area contributed by atoms with Crippen LogP contribution in [0.5, 0.6) is 5.75 Å². The Morgan fingerprint density at radius 2 is 2.10 bits per heavy atom. The summed E-state index contributed by atoms with van der Waals surface area (Å²) in [6.07, 6.45) is 0. The Balaban J connectivity index is 2.21. The van der Waals surface area contributed by atoms with Crippen molar-refractivity contribution in [2.45, 2.75) is 40.0 Å². The van der Waals surface area contributed by atoms with E-state index in [9.17, 15) is 0 Å². The van der Waals surface area contributed by atoms with Gasteiger partial charge in [0.25, 0.3) is 0 Å². The number of aromatic nitrogens is 2. The third-order valence-electron chi connectivity index (χ3n) is 3.23. The largest absolute Gasteiger partial charge is 0.487 e. The smallest absolute Gasteiger partial charge is 0.131 e. The lowest BCUT2D eigenvalue weighted by atomic mass is 10.1. The molecule has 0 amide bonds. The van der Waals surface area contributed by atoms with Crippen LogP contribution in [-0.4, -0.2) is 9.78 Å². The predicted molar refractivity (Wildman–Crippen MR) is 81.0 cm³/mol. The van der Waals surface area contributed by atoms with Gasteiger partial charge in [-0.3, -0.25) is 4.68 Å². The van der Waals surface area contributed by atoms with Crippen molar-refractivity contribution in [2.75, 3.05) is 0 Å². The third-order valence-corrected chi connectivity index (χ3v) is 3.72. The van der Waals surface area contributed by atoms with E-state index in [1.165, 1.54) is 0 Å². The van der Waals surface area contributed by atoms with Crippen molar-refractivity contribution in [3.63, 3.8) is 0 Å². The van der Waals surface area contributed by atoms with Gasteiger partial charge >= 0.3 is 0 Å². The molecule has 0 radical (unpaired) electrons. The number of para-hydroxylation sites is 1. The Morgan fingerprint density at radius 3 is 2.75 bits per heavy atom. The van der Waals surface area contributed by atoms with Crippen LogP contribution in [0.25, 0.3) is 0 Å². The summed E-state index contributed by atoms with van der Waals surface area (Å²) in [5.41, 5.74) is 8.66. The van der Waals surface area contributed by atoms with Crippen LogP contribution in [0.3, 0.4) is 0 Å². The number of benzene rings is 1. The van der Waals surface area contributed by atoms with Gasteiger partial charge in [-0.15, -0.1) is 0 Å². The van der Waals surface area contributed by atoms with Crippen molar-refractivity contribution >= 4 is 11.6 Å². The lowest BCUT2D eigenvalue weighted by Gasteiger charge is -2.14. The average Bonchev–Trinajstić information content (AvgIpc) is 2.72. The molecule has 1 aromatic carbocycles. The Kier molecular flexibility index (Phi) is 4.68. The average molecular weight is 294 g/mol. The first-order chi connectivity index (χ1) is 9.54. The maximum absolute atomic E-state index is 6.27. The highest BCUT2D eigenvalue weighted by Crippen LogP contribution is 2.26. The van der Waals surface area contributed by atoms with Gasteiger partial charge in [-0.1, -0.05) is 29.8 Å². The minimum atomic E-state index is -0.0699. The first kappa shape index (κ1) is 14.9. The van der Waals surface area contributed by atoms with Crippen LogP contribution >= 0.6 is 11.6 Å². The van der Waals surface area contributed by atoms with E-state index in [1.807, 2.05) is 49.7 Å². The van der Waals surface area contributed by atoms with Crippen LogP contribution in [0, 0.1) is 6.92 Å². The molecule has 1 aromatic heterocycles. The van der Waals surface area contributed by atoms with Crippen molar-refractivity contribution < 1.29 is 4.74 Å². The molecule has 2 aromatic rings. The first-order valence-electron chi connectivity index (χ1n) is 6.73. The molecule has 0 aliphatic carbocycles. The van der Waals surface area contributed by atoms with Crippen LogP contribution < -0.4 is 10.5 Å². The highest BCUT2D eigenvalue weighted by molar-refractivity contribution is 6.31. The molecule has 0 bridgehead atoms.